The number of guanidine groups is 2. The number of aromatic amines is 1. The number of benzene rings is 2. The molecule has 420 valence electrons. The van der Waals surface area contributed by atoms with Crippen LogP contribution in [0, 0.1) is 22.1 Å². The van der Waals surface area contributed by atoms with Crippen LogP contribution in [0.15, 0.2) is 54.7 Å². The van der Waals surface area contributed by atoms with Crippen molar-refractivity contribution in [2.75, 3.05) is 19.6 Å². The molecule has 1 aromatic heterocycles. The van der Waals surface area contributed by atoms with E-state index in [1.165, 1.54) is 24.3 Å². The number of carbonyl (C=O) groups is 10. The first-order valence-electron chi connectivity index (χ1n) is 25.1. The Bertz CT molecular complexity index is 2710. The van der Waals surface area contributed by atoms with E-state index in [0.29, 0.717) is 22.0 Å². The van der Waals surface area contributed by atoms with Crippen LogP contribution in [0.4, 0.5) is 0 Å². The molecule has 8 amide bonds. The van der Waals surface area contributed by atoms with Crippen molar-refractivity contribution in [1.29, 1.82) is 16.1 Å². The van der Waals surface area contributed by atoms with Crippen LogP contribution < -0.4 is 64.6 Å². The molecule has 7 atom stereocenters. The largest absolute Gasteiger partial charge is 0.481 e. The van der Waals surface area contributed by atoms with Gasteiger partial charge in [-0.1, -0.05) is 30.3 Å². The number of aliphatic carboxylic acids is 2. The summed E-state index contributed by atoms with van der Waals surface area (Å²) >= 11 is 0. The molecule has 1 unspecified atom stereocenters. The molecule has 0 spiro atoms. The van der Waals surface area contributed by atoms with Gasteiger partial charge in [-0.25, -0.2) is 4.79 Å². The predicted molar refractivity (Wildman–Crippen MR) is 280 cm³/mol. The van der Waals surface area contributed by atoms with Crippen LogP contribution in [0.1, 0.15) is 87.8 Å². The zero-order chi connectivity index (χ0) is 57.3. The molecular formula is C50H68N16O12. The SMILES string of the molecule is CC(=O)N[C@@H](CCCNC(=N)N)C(=O)N[C@H]1CCC(=O)NCCCC(C(=O)O)NC(=O)[C@H](Cc2c[nH]c3ccccc23)NC(=O)[C@H](CCCNC(=N)N)NC(=O)[C@@H](Cc2ccc(C#N)cc2)NC(=O)[C@H](CCC(=O)O)NC1=O. The van der Waals surface area contributed by atoms with Gasteiger partial charge in [0.1, 0.15) is 42.3 Å². The van der Waals surface area contributed by atoms with Gasteiger partial charge in [-0.2, -0.15) is 5.26 Å². The second-order valence-electron chi connectivity index (χ2n) is 18.5. The van der Waals surface area contributed by atoms with Crippen molar-refractivity contribution in [2.45, 2.75) is 126 Å². The molecule has 1 aliphatic heterocycles. The van der Waals surface area contributed by atoms with Crippen LogP contribution in [0.2, 0.25) is 0 Å². The number of para-hydroxylation sites is 1. The maximum Gasteiger partial charge on any atom is 0.326 e. The Kier molecular flexibility index (Phi) is 24.3. The van der Waals surface area contributed by atoms with Crippen molar-refractivity contribution in [3.8, 4) is 6.07 Å². The number of nitrogens with zero attached hydrogens (tertiary/aromatic N) is 1. The molecule has 28 nitrogen and oxygen atoms in total. The Morgan fingerprint density at radius 3 is 1.97 bits per heavy atom. The lowest BCUT2D eigenvalue weighted by Gasteiger charge is -2.28. The smallest absolute Gasteiger partial charge is 0.326 e. The lowest BCUT2D eigenvalue weighted by molar-refractivity contribution is -0.142. The van der Waals surface area contributed by atoms with E-state index in [-0.39, 0.29) is 88.5 Å². The van der Waals surface area contributed by atoms with E-state index in [4.69, 9.17) is 22.3 Å². The number of nitrogens with one attached hydrogen (secondary N) is 13. The van der Waals surface area contributed by atoms with Gasteiger partial charge in [-0.3, -0.25) is 54.0 Å². The highest BCUT2D eigenvalue weighted by molar-refractivity contribution is 5.98. The second-order valence-corrected chi connectivity index (χ2v) is 18.5. The molecule has 4 rings (SSSR count). The number of carboxylic acids is 2. The van der Waals surface area contributed by atoms with Crippen LogP contribution in [0.25, 0.3) is 10.9 Å². The van der Waals surface area contributed by atoms with E-state index in [0.717, 1.165) is 6.92 Å². The zero-order valence-electron chi connectivity index (χ0n) is 42.9. The van der Waals surface area contributed by atoms with Crippen molar-refractivity contribution >= 4 is 82.0 Å². The summed E-state index contributed by atoms with van der Waals surface area (Å²) in [5.41, 5.74) is 12.8. The summed E-state index contributed by atoms with van der Waals surface area (Å²) in [7, 11) is 0. The maximum absolute atomic E-state index is 14.6. The Morgan fingerprint density at radius 1 is 0.756 bits per heavy atom. The zero-order valence-corrected chi connectivity index (χ0v) is 42.9. The van der Waals surface area contributed by atoms with Crippen molar-refractivity contribution in [1.82, 2.24) is 58.2 Å². The molecule has 1 fully saturated rings. The average Bonchev–Trinajstić information content (AvgIpc) is 3.81. The number of H-pyrrole nitrogens is 1. The Balaban J connectivity index is 1.80. The van der Waals surface area contributed by atoms with Gasteiger partial charge >= 0.3 is 11.9 Å². The molecule has 19 N–H and O–H groups in total. The van der Waals surface area contributed by atoms with E-state index < -0.39 is 127 Å². The van der Waals surface area contributed by atoms with Gasteiger partial charge < -0.3 is 79.8 Å². The fourth-order valence-corrected chi connectivity index (χ4v) is 8.33. The summed E-state index contributed by atoms with van der Waals surface area (Å²) in [5, 5.41) is 70.7. The Hall–Kier alpha value is -9.29. The Morgan fingerprint density at radius 2 is 1.35 bits per heavy atom. The molecule has 2 aromatic carbocycles. The third kappa shape index (κ3) is 20.8. The molecule has 0 radical (unpaired) electrons. The standard InChI is InChI=1S/C50H68N16O12/c1-27(67)60-33(9-4-21-57-49(52)53)42(71)62-35-16-18-40(68)56-20-6-11-37(48(77)78)64-47(76)39(24-30-26-59-32-8-3-2-7-31(30)32)66-43(72)34(10-5-22-58-50(54)55)61-46(75)38(23-28-12-14-29(25-51)15-13-28)65-45(74)36(63-44(35)73)17-19-41(69)70/h2-3,7-8,12-15,26,33-39,59H,4-6,9-11,16-24H2,1H3,(H,56,68)(H,60,67)(H,61,75)(H,62,71)(H,63,73)(H,64,76)(H,65,74)(H,66,72)(H,69,70)(H,77,78)(H4,52,53,57)(H4,54,55,58)/t33-,34-,35-,36-,37?,38+,39-/m0/s1. The first-order chi connectivity index (χ1) is 37.1. The highest BCUT2D eigenvalue weighted by Gasteiger charge is 2.35. The molecule has 0 saturated carbocycles. The summed E-state index contributed by atoms with van der Waals surface area (Å²) in [6.07, 6.45) is -1.14. The minimum absolute atomic E-state index is 0.00754. The third-order valence-corrected chi connectivity index (χ3v) is 12.4. The maximum atomic E-state index is 14.6. The quantitative estimate of drug-likeness (QED) is 0.0333. The molecule has 1 saturated heterocycles. The topological polar surface area (TPSA) is 471 Å². The van der Waals surface area contributed by atoms with Crippen molar-refractivity contribution < 1.29 is 58.2 Å². The number of carboxylic acid groups (broad SMARTS) is 2. The van der Waals surface area contributed by atoms with Gasteiger partial charge in [0.25, 0.3) is 0 Å². The number of fused-ring (bicyclic) bond motifs is 1. The van der Waals surface area contributed by atoms with E-state index in [2.05, 4.69) is 58.2 Å². The predicted octanol–water partition coefficient (Wildman–Crippen LogP) is -2.60. The summed E-state index contributed by atoms with van der Waals surface area (Å²) < 4.78 is 0. The van der Waals surface area contributed by atoms with Crippen molar-refractivity contribution in [3.63, 3.8) is 0 Å². The van der Waals surface area contributed by atoms with E-state index in [1.54, 1.807) is 30.5 Å². The Labute approximate surface area is 448 Å². The van der Waals surface area contributed by atoms with Crippen LogP contribution >= 0.6 is 0 Å². The number of nitrogens with two attached hydrogens (primary N) is 2. The van der Waals surface area contributed by atoms with Crippen LogP contribution in [0.5, 0.6) is 0 Å². The van der Waals surface area contributed by atoms with Gasteiger partial charge in [-0.15, -0.1) is 0 Å². The van der Waals surface area contributed by atoms with Gasteiger partial charge in [-0.05, 0) is 80.7 Å². The van der Waals surface area contributed by atoms with E-state index >= 15 is 0 Å². The van der Waals surface area contributed by atoms with Gasteiger partial charge in [0.2, 0.25) is 47.3 Å². The molecule has 0 aliphatic carbocycles. The van der Waals surface area contributed by atoms with E-state index in [9.17, 15) is 63.4 Å². The van der Waals surface area contributed by atoms with Crippen LogP contribution in [-0.2, 0) is 60.8 Å². The second kappa shape index (κ2) is 30.9. The minimum Gasteiger partial charge on any atom is -0.481 e. The lowest BCUT2D eigenvalue weighted by atomic mass is 10.0. The number of aromatic nitrogens is 1. The fourth-order valence-electron chi connectivity index (χ4n) is 8.33. The monoisotopic (exact) mass is 1080 g/mol. The highest BCUT2D eigenvalue weighted by atomic mass is 16.4. The van der Waals surface area contributed by atoms with Crippen LogP contribution in [-0.4, -0.2) is 148 Å². The number of nitriles is 1. The molecule has 1 aliphatic rings. The molecule has 78 heavy (non-hydrogen) atoms. The highest BCUT2D eigenvalue weighted by Crippen LogP contribution is 2.20. The van der Waals surface area contributed by atoms with E-state index in [1.807, 2.05) is 6.07 Å². The average molecular weight is 1090 g/mol. The van der Waals surface area contributed by atoms with Crippen molar-refractivity contribution in [2.24, 2.45) is 11.5 Å². The first kappa shape index (κ1) is 61.3. The van der Waals surface area contributed by atoms with Gasteiger partial charge in [0.05, 0.1) is 11.6 Å². The molecular weight excluding hydrogens is 1020 g/mol. The molecule has 3 aromatic rings. The molecule has 2 heterocycles. The van der Waals surface area contributed by atoms with Gasteiger partial charge in [0, 0.05) is 69.3 Å². The summed E-state index contributed by atoms with van der Waals surface area (Å²) in [4.78, 5) is 139. The fraction of sp³-hybridized carbons (Fsp3) is 0.460. The molecule has 0 bridgehead atoms. The minimum atomic E-state index is -1.73. The number of rotatable bonds is 19. The lowest BCUT2D eigenvalue weighted by Crippen LogP contribution is -2.60. The number of carbonyl (C=O) groups excluding carboxylic acids is 8. The molecule has 28 heteroatoms. The number of hydrogen-bond acceptors (Lipinski definition) is 13. The van der Waals surface area contributed by atoms with Gasteiger partial charge in [0.15, 0.2) is 11.9 Å². The summed E-state index contributed by atoms with van der Waals surface area (Å²) in [6, 6.07) is 4.25. The van der Waals surface area contributed by atoms with Crippen LogP contribution in [0.3, 0.4) is 0 Å². The summed E-state index contributed by atoms with van der Waals surface area (Å²) in [5.74, 6) is -10.7. The number of amides is 8. The normalized spacial score (nSPS) is 20.6. The third-order valence-electron chi connectivity index (χ3n) is 12.4. The summed E-state index contributed by atoms with van der Waals surface area (Å²) in [6.45, 7) is 1.19. The van der Waals surface area contributed by atoms with Crippen molar-refractivity contribution in [3.05, 3.63) is 71.4 Å². The number of hydrogen-bond donors (Lipinski definition) is 17. The first-order valence-corrected chi connectivity index (χ1v) is 25.1.